The van der Waals surface area contributed by atoms with Gasteiger partial charge >= 0.3 is 0 Å². The molecular formula is C17H28N2O. The number of benzene rings is 1. The molecule has 1 aliphatic rings. The predicted molar refractivity (Wildman–Crippen MR) is 84.1 cm³/mol. The lowest BCUT2D eigenvalue weighted by atomic mass is 10.1. The van der Waals surface area contributed by atoms with E-state index in [4.69, 9.17) is 4.74 Å². The van der Waals surface area contributed by atoms with Crippen molar-refractivity contribution in [2.45, 2.75) is 39.8 Å². The summed E-state index contributed by atoms with van der Waals surface area (Å²) in [6.45, 7) is 11.8. The molecule has 0 amide bonds. The normalized spacial score (nSPS) is 17.4. The lowest BCUT2D eigenvalue weighted by Crippen LogP contribution is -2.41. The van der Waals surface area contributed by atoms with Crippen molar-refractivity contribution >= 4 is 0 Å². The summed E-state index contributed by atoms with van der Waals surface area (Å²) in [5, 5.41) is 3.58. The molecule has 1 unspecified atom stereocenters. The third kappa shape index (κ3) is 4.50. The van der Waals surface area contributed by atoms with Gasteiger partial charge in [0.1, 0.15) is 12.4 Å². The number of nitrogens with one attached hydrogen (secondary N) is 1. The average molecular weight is 276 g/mol. The van der Waals surface area contributed by atoms with E-state index in [-0.39, 0.29) is 0 Å². The summed E-state index contributed by atoms with van der Waals surface area (Å²) in [6.07, 6.45) is 1.25. The topological polar surface area (TPSA) is 24.5 Å². The Balaban J connectivity index is 1.83. The SMILES string of the molecule is CC(C)CCNCC(C)N1CCOc2ccccc2C1. The summed E-state index contributed by atoms with van der Waals surface area (Å²) in [5.41, 5.74) is 1.30. The van der Waals surface area contributed by atoms with Gasteiger partial charge in [-0.3, -0.25) is 4.90 Å². The molecule has 1 N–H and O–H groups in total. The number of hydrogen-bond acceptors (Lipinski definition) is 3. The third-order valence-electron chi connectivity index (χ3n) is 3.94. The molecule has 1 atom stereocenters. The highest BCUT2D eigenvalue weighted by molar-refractivity contribution is 5.33. The minimum absolute atomic E-state index is 0.539. The van der Waals surface area contributed by atoms with Crippen LogP contribution in [-0.2, 0) is 6.54 Å². The van der Waals surface area contributed by atoms with E-state index in [1.54, 1.807) is 0 Å². The molecule has 0 fully saturated rings. The Hall–Kier alpha value is -1.06. The molecule has 3 heteroatoms. The molecule has 0 radical (unpaired) electrons. The van der Waals surface area contributed by atoms with Gasteiger partial charge in [-0.2, -0.15) is 0 Å². The third-order valence-corrected chi connectivity index (χ3v) is 3.94. The molecule has 20 heavy (non-hydrogen) atoms. The summed E-state index contributed by atoms with van der Waals surface area (Å²) >= 11 is 0. The minimum Gasteiger partial charge on any atom is -0.492 e. The summed E-state index contributed by atoms with van der Waals surface area (Å²) in [4.78, 5) is 2.51. The Labute approximate surface area is 123 Å². The van der Waals surface area contributed by atoms with E-state index >= 15 is 0 Å². The fourth-order valence-corrected chi connectivity index (χ4v) is 2.55. The van der Waals surface area contributed by atoms with E-state index in [2.05, 4.69) is 49.2 Å². The van der Waals surface area contributed by atoms with Crippen molar-refractivity contribution in [3.8, 4) is 5.75 Å². The molecule has 0 bridgehead atoms. The van der Waals surface area contributed by atoms with Gasteiger partial charge in [-0.15, -0.1) is 0 Å². The molecule has 0 saturated heterocycles. The smallest absolute Gasteiger partial charge is 0.123 e. The zero-order chi connectivity index (χ0) is 14.4. The van der Waals surface area contributed by atoms with Crippen molar-refractivity contribution in [2.75, 3.05) is 26.2 Å². The van der Waals surface area contributed by atoms with Gasteiger partial charge in [0.15, 0.2) is 0 Å². The Morgan fingerprint density at radius 1 is 1.25 bits per heavy atom. The first-order chi connectivity index (χ1) is 9.66. The Bertz CT molecular complexity index is 406. The van der Waals surface area contributed by atoms with E-state index in [0.717, 1.165) is 44.5 Å². The van der Waals surface area contributed by atoms with Crippen LogP contribution in [0.3, 0.4) is 0 Å². The molecule has 112 valence electrons. The first kappa shape index (κ1) is 15.3. The number of rotatable bonds is 6. The van der Waals surface area contributed by atoms with Crippen molar-refractivity contribution in [1.29, 1.82) is 0 Å². The molecule has 0 aliphatic carbocycles. The molecule has 1 aliphatic heterocycles. The van der Waals surface area contributed by atoms with Crippen molar-refractivity contribution in [3.05, 3.63) is 29.8 Å². The molecular weight excluding hydrogens is 248 g/mol. The highest BCUT2D eigenvalue weighted by Gasteiger charge is 2.19. The second-order valence-corrected chi connectivity index (χ2v) is 6.16. The highest BCUT2D eigenvalue weighted by Crippen LogP contribution is 2.23. The number of fused-ring (bicyclic) bond motifs is 1. The maximum absolute atomic E-state index is 5.82. The average Bonchev–Trinajstić information content (AvgIpc) is 2.65. The minimum atomic E-state index is 0.539. The second kappa shape index (κ2) is 7.65. The summed E-state index contributed by atoms with van der Waals surface area (Å²) in [7, 11) is 0. The van der Waals surface area contributed by atoms with Gasteiger partial charge in [0.25, 0.3) is 0 Å². The Kier molecular flexibility index (Phi) is 5.86. The van der Waals surface area contributed by atoms with Crippen LogP contribution >= 0.6 is 0 Å². The van der Waals surface area contributed by atoms with Crippen LogP contribution in [-0.4, -0.2) is 37.2 Å². The number of ether oxygens (including phenoxy) is 1. The maximum Gasteiger partial charge on any atom is 0.123 e. The van der Waals surface area contributed by atoms with Gasteiger partial charge in [-0.25, -0.2) is 0 Å². The molecule has 2 rings (SSSR count). The van der Waals surface area contributed by atoms with Gasteiger partial charge in [0, 0.05) is 31.2 Å². The zero-order valence-electron chi connectivity index (χ0n) is 13.1. The van der Waals surface area contributed by atoms with Crippen molar-refractivity contribution in [3.63, 3.8) is 0 Å². The lowest BCUT2D eigenvalue weighted by molar-refractivity contribution is 0.175. The summed E-state index contributed by atoms with van der Waals surface area (Å²) in [6, 6.07) is 8.93. The fraction of sp³-hybridized carbons (Fsp3) is 0.647. The monoisotopic (exact) mass is 276 g/mol. The molecule has 1 aromatic carbocycles. The molecule has 1 aromatic rings. The Morgan fingerprint density at radius 3 is 2.85 bits per heavy atom. The number of hydrogen-bond donors (Lipinski definition) is 1. The first-order valence-electron chi connectivity index (χ1n) is 7.82. The number of para-hydroxylation sites is 1. The summed E-state index contributed by atoms with van der Waals surface area (Å²) in [5.74, 6) is 1.83. The largest absolute Gasteiger partial charge is 0.492 e. The molecule has 0 saturated carbocycles. The van der Waals surface area contributed by atoms with Crippen molar-refractivity contribution < 1.29 is 4.74 Å². The van der Waals surface area contributed by atoms with E-state index < -0.39 is 0 Å². The van der Waals surface area contributed by atoms with Crippen LogP contribution in [0, 0.1) is 5.92 Å². The van der Waals surface area contributed by atoms with E-state index in [0.29, 0.717) is 6.04 Å². The number of nitrogens with zero attached hydrogens (tertiary/aromatic N) is 1. The zero-order valence-corrected chi connectivity index (χ0v) is 13.1. The Morgan fingerprint density at radius 2 is 2.05 bits per heavy atom. The van der Waals surface area contributed by atoms with Crippen LogP contribution in [0.5, 0.6) is 5.75 Å². The van der Waals surface area contributed by atoms with Crippen molar-refractivity contribution in [1.82, 2.24) is 10.2 Å². The van der Waals surface area contributed by atoms with Gasteiger partial charge in [0.05, 0.1) is 0 Å². The first-order valence-corrected chi connectivity index (χ1v) is 7.82. The van der Waals surface area contributed by atoms with Gasteiger partial charge < -0.3 is 10.1 Å². The van der Waals surface area contributed by atoms with E-state index in [1.165, 1.54) is 12.0 Å². The second-order valence-electron chi connectivity index (χ2n) is 6.16. The standard InChI is InChI=1S/C17H28N2O/c1-14(2)8-9-18-12-15(3)19-10-11-20-17-7-5-4-6-16(17)13-19/h4-7,14-15,18H,8-13H2,1-3H3. The van der Waals surface area contributed by atoms with Crippen molar-refractivity contribution in [2.24, 2.45) is 5.92 Å². The maximum atomic E-state index is 5.82. The lowest BCUT2D eigenvalue weighted by Gasteiger charge is -2.27. The van der Waals surface area contributed by atoms with Crippen LogP contribution in [0.2, 0.25) is 0 Å². The van der Waals surface area contributed by atoms with Crippen LogP contribution in [0.4, 0.5) is 0 Å². The van der Waals surface area contributed by atoms with Crippen LogP contribution in [0.25, 0.3) is 0 Å². The van der Waals surface area contributed by atoms with Gasteiger partial charge in [0.2, 0.25) is 0 Å². The van der Waals surface area contributed by atoms with Gasteiger partial charge in [-0.05, 0) is 31.9 Å². The van der Waals surface area contributed by atoms with Gasteiger partial charge in [-0.1, -0.05) is 32.0 Å². The quantitative estimate of drug-likeness (QED) is 0.809. The van der Waals surface area contributed by atoms with E-state index in [1.807, 2.05) is 6.07 Å². The van der Waals surface area contributed by atoms with Crippen LogP contribution < -0.4 is 10.1 Å². The van der Waals surface area contributed by atoms with E-state index in [9.17, 15) is 0 Å². The highest BCUT2D eigenvalue weighted by atomic mass is 16.5. The molecule has 0 spiro atoms. The predicted octanol–water partition coefficient (Wildman–Crippen LogP) is 2.91. The summed E-state index contributed by atoms with van der Waals surface area (Å²) < 4.78 is 5.82. The molecule has 3 nitrogen and oxygen atoms in total. The molecule has 1 heterocycles. The van der Waals surface area contributed by atoms with Crippen LogP contribution in [0.15, 0.2) is 24.3 Å². The van der Waals surface area contributed by atoms with Crippen LogP contribution in [0.1, 0.15) is 32.8 Å². The fourth-order valence-electron chi connectivity index (χ4n) is 2.55. The molecule has 0 aromatic heterocycles.